The van der Waals surface area contributed by atoms with Gasteiger partial charge in [0, 0.05) is 13.1 Å². The number of carbonyl (C=O) groups excluding carboxylic acids is 1. The molecule has 2 aliphatic rings. The quantitative estimate of drug-likeness (QED) is 0.827. The third kappa shape index (κ3) is 3.59. The summed E-state index contributed by atoms with van der Waals surface area (Å²) < 4.78 is 48.4. The van der Waals surface area contributed by atoms with Crippen LogP contribution in [-0.4, -0.2) is 62.5 Å². The minimum Gasteiger partial charge on any atom is -0.490 e. The van der Waals surface area contributed by atoms with Gasteiger partial charge in [0.2, 0.25) is 5.91 Å². The number of hydrogen-bond donors (Lipinski definition) is 0. The standard InChI is InChI=1S/C15H17F3N2O3/c16-15(17,18)13-9-19(5-7-23-13)10-14(21)20-6-8-22-12-4-2-1-3-11(12)20/h1-4,13H,5-10H2. The van der Waals surface area contributed by atoms with E-state index >= 15 is 0 Å². The highest BCUT2D eigenvalue weighted by molar-refractivity contribution is 5.96. The maximum absolute atomic E-state index is 12.7. The average molecular weight is 330 g/mol. The number of amides is 1. The number of morpholine rings is 1. The van der Waals surface area contributed by atoms with Crippen molar-refractivity contribution in [3.8, 4) is 5.75 Å². The van der Waals surface area contributed by atoms with Gasteiger partial charge in [0.15, 0.2) is 6.10 Å². The lowest BCUT2D eigenvalue weighted by molar-refractivity contribution is -0.236. The summed E-state index contributed by atoms with van der Waals surface area (Å²) in [6.45, 7) is 0.660. The molecule has 0 bridgehead atoms. The first kappa shape index (κ1) is 16.1. The summed E-state index contributed by atoms with van der Waals surface area (Å²) in [7, 11) is 0. The first-order chi connectivity index (χ1) is 10.9. The number of alkyl halides is 3. The Hall–Kier alpha value is -1.80. The molecule has 8 heteroatoms. The van der Waals surface area contributed by atoms with Gasteiger partial charge in [0.05, 0.1) is 25.4 Å². The predicted octanol–water partition coefficient (Wildman–Crippen LogP) is 1.68. The Morgan fingerprint density at radius 3 is 2.78 bits per heavy atom. The SMILES string of the molecule is O=C(CN1CCOC(C(F)(F)F)C1)N1CCOc2ccccc21. The Labute approximate surface area is 131 Å². The van der Waals surface area contributed by atoms with Crippen molar-refractivity contribution >= 4 is 11.6 Å². The van der Waals surface area contributed by atoms with Crippen molar-refractivity contribution in [1.82, 2.24) is 4.90 Å². The molecule has 23 heavy (non-hydrogen) atoms. The Morgan fingerprint density at radius 1 is 1.22 bits per heavy atom. The van der Waals surface area contributed by atoms with E-state index in [9.17, 15) is 18.0 Å². The molecule has 0 spiro atoms. The molecule has 0 aromatic heterocycles. The number of hydrogen-bond acceptors (Lipinski definition) is 4. The van der Waals surface area contributed by atoms with Crippen molar-refractivity contribution in [2.45, 2.75) is 12.3 Å². The number of para-hydroxylation sites is 2. The van der Waals surface area contributed by atoms with Gasteiger partial charge in [-0.25, -0.2) is 0 Å². The fourth-order valence-electron chi connectivity index (χ4n) is 2.75. The molecule has 1 atom stereocenters. The fourth-order valence-corrected chi connectivity index (χ4v) is 2.75. The van der Waals surface area contributed by atoms with E-state index in [0.717, 1.165) is 0 Å². The van der Waals surface area contributed by atoms with Gasteiger partial charge < -0.3 is 14.4 Å². The summed E-state index contributed by atoms with van der Waals surface area (Å²) in [5.41, 5.74) is 0.657. The van der Waals surface area contributed by atoms with Gasteiger partial charge >= 0.3 is 6.18 Å². The largest absolute Gasteiger partial charge is 0.490 e. The maximum Gasteiger partial charge on any atom is 0.415 e. The molecule has 3 rings (SSSR count). The second kappa shape index (κ2) is 6.37. The lowest BCUT2D eigenvalue weighted by Crippen LogP contribution is -2.52. The van der Waals surface area contributed by atoms with Gasteiger partial charge in [-0.05, 0) is 12.1 Å². The van der Waals surface area contributed by atoms with E-state index in [-0.39, 0.29) is 25.6 Å². The number of carbonyl (C=O) groups is 1. The van der Waals surface area contributed by atoms with Crippen LogP contribution in [0.1, 0.15) is 0 Å². The van der Waals surface area contributed by atoms with E-state index < -0.39 is 12.3 Å². The van der Waals surface area contributed by atoms with Gasteiger partial charge in [0.1, 0.15) is 12.4 Å². The van der Waals surface area contributed by atoms with E-state index in [0.29, 0.717) is 31.1 Å². The molecule has 1 unspecified atom stereocenters. The van der Waals surface area contributed by atoms with Crippen LogP contribution in [0.2, 0.25) is 0 Å². The minimum absolute atomic E-state index is 0.0306. The van der Waals surface area contributed by atoms with Crippen molar-refractivity contribution < 1.29 is 27.4 Å². The molecular formula is C15H17F3N2O3. The predicted molar refractivity (Wildman–Crippen MR) is 76.5 cm³/mol. The molecule has 0 saturated carbocycles. The summed E-state index contributed by atoms with van der Waals surface area (Å²) in [6.07, 6.45) is -6.24. The highest BCUT2D eigenvalue weighted by atomic mass is 19.4. The topological polar surface area (TPSA) is 42.0 Å². The Balaban J connectivity index is 1.66. The number of nitrogens with zero attached hydrogens (tertiary/aromatic N) is 2. The molecule has 2 heterocycles. The summed E-state index contributed by atoms with van der Waals surface area (Å²) >= 11 is 0. The molecule has 0 N–H and O–H groups in total. The summed E-state index contributed by atoms with van der Waals surface area (Å²) in [4.78, 5) is 15.5. The lowest BCUT2D eigenvalue weighted by Gasteiger charge is -2.35. The fraction of sp³-hybridized carbons (Fsp3) is 0.533. The molecule has 126 valence electrons. The van der Waals surface area contributed by atoms with Crippen molar-refractivity contribution in [3.63, 3.8) is 0 Å². The van der Waals surface area contributed by atoms with E-state index in [2.05, 4.69) is 0 Å². The molecular weight excluding hydrogens is 313 g/mol. The van der Waals surface area contributed by atoms with Crippen LogP contribution in [0.4, 0.5) is 18.9 Å². The first-order valence-electron chi connectivity index (χ1n) is 7.38. The number of fused-ring (bicyclic) bond motifs is 1. The zero-order valence-corrected chi connectivity index (χ0v) is 12.4. The summed E-state index contributed by atoms with van der Waals surface area (Å²) in [5, 5.41) is 0. The average Bonchev–Trinajstić information content (AvgIpc) is 2.53. The molecule has 5 nitrogen and oxygen atoms in total. The van der Waals surface area contributed by atoms with Crippen molar-refractivity contribution in [2.75, 3.05) is 44.3 Å². The highest BCUT2D eigenvalue weighted by Crippen LogP contribution is 2.31. The van der Waals surface area contributed by atoms with Crippen LogP contribution >= 0.6 is 0 Å². The highest BCUT2D eigenvalue weighted by Gasteiger charge is 2.43. The van der Waals surface area contributed by atoms with Crippen molar-refractivity contribution in [3.05, 3.63) is 24.3 Å². The van der Waals surface area contributed by atoms with Crippen LogP contribution in [-0.2, 0) is 9.53 Å². The zero-order valence-electron chi connectivity index (χ0n) is 12.4. The van der Waals surface area contributed by atoms with E-state index in [1.807, 2.05) is 6.07 Å². The molecule has 0 aliphatic carbocycles. The van der Waals surface area contributed by atoms with Crippen LogP contribution in [0.3, 0.4) is 0 Å². The molecule has 1 saturated heterocycles. The second-order valence-electron chi connectivity index (χ2n) is 5.50. The maximum atomic E-state index is 12.7. The monoisotopic (exact) mass is 330 g/mol. The van der Waals surface area contributed by atoms with Crippen LogP contribution in [0.25, 0.3) is 0 Å². The Bertz CT molecular complexity index is 579. The number of rotatable bonds is 2. The molecule has 2 aliphatic heterocycles. The normalized spacial score (nSPS) is 22.4. The van der Waals surface area contributed by atoms with Gasteiger partial charge in [0.25, 0.3) is 0 Å². The van der Waals surface area contributed by atoms with Gasteiger partial charge in [-0.3, -0.25) is 9.69 Å². The molecule has 1 aromatic carbocycles. The number of ether oxygens (including phenoxy) is 2. The summed E-state index contributed by atoms with van der Waals surface area (Å²) in [6, 6.07) is 7.14. The second-order valence-corrected chi connectivity index (χ2v) is 5.50. The third-order valence-corrected chi connectivity index (χ3v) is 3.90. The van der Waals surface area contributed by atoms with Crippen LogP contribution in [0, 0.1) is 0 Å². The van der Waals surface area contributed by atoms with Crippen LogP contribution < -0.4 is 9.64 Å². The van der Waals surface area contributed by atoms with Gasteiger partial charge in [-0.1, -0.05) is 12.1 Å². The van der Waals surface area contributed by atoms with E-state index in [1.165, 1.54) is 4.90 Å². The lowest BCUT2D eigenvalue weighted by atomic mass is 10.2. The molecule has 1 amide bonds. The van der Waals surface area contributed by atoms with Crippen LogP contribution in [0.5, 0.6) is 5.75 Å². The minimum atomic E-state index is -4.41. The first-order valence-corrected chi connectivity index (χ1v) is 7.38. The molecule has 0 radical (unpaired) electrons. The van der Waals surface area contributed by atoms with Crippen LogP contribution in [0.15, 0.2) is 24.3 Å². The number of anilines is 1. The van der Waals surface area contributed by atoms with Crippen molar-refractivity contribution in [2.24, 2.45) is 0 Å². The zero-order chi connectivity index (χ0) is 16.4. The smallest absolute Gasteiger partial charge is 0.415 e. The molecule has 1 fully saturated rings. The summed E-state index contributed by atoms with van der Waals surface area (Å²) in [5.74, 6) is 0.380. The van der Waals surface area contributed by atoms with Gasteiger partial charge in [-0.2, -0.15) is 13.2 Å². The Morgan fingerprint density at radius 2 is 2.00 bits per heavy atom. The number of halogens is 3. The van der Waals surface area contributed by atoms with E-state index in [1.54, 1.807) is 23.1 Å². The molecule has 1 aromatic rings. The Kier molecular flexibility index (Phi) is 4.45. The van der Waals surface area contributed by atoms with E-state index in [4.69, 9.17) is 9.47 Å². The number of benzene rings is 1. The van der Waals surface area contributed by atoms with Gasteiger partial charge in [-0.15, -0.1) is 0 Å². The van der Waals surface area contributed by atoms with Crippen molar-refractivity contribution in [1.29, 1.82) is 0 Å². The third-order valence-electron chi connectivity index (χ3n) is 3.90.